The predicted molar refractivity (Wildman–Crippen MR) is 144 cm³/mol. The summed E-state index contributed by atoms with van der Waals surface area (Å²) in [5.74, 6) is -4.31. The van der Waals surface area contributed by atoms with Gasteiger partial charge in [0, 0.05) is 22.9 Å². The van der Waals surface area contributed by atoms with Gasteiger partial charge in [0.25, 0.3) is 11.8 Å². The number of anilines is 2. The lowest BCUT2D eigenvalue weighted by molar-refractivity contribution is -0.767. The van der Waals surface area contributed by atoms with Crippen molar-refractivity contribution in [2.75, 3.05) is 23.8 Å². The van der Waals surface area contributed by atoms with Crippen LogP contribution in [0.1, 0.15) is 19.7 Å². The summed E-state index contributed by atoms with van der Waals surface area (Å²) < 4.78 is 7.08. The van der Waals surface area contributed by atoms with Crippen LogP contribution < -0.4 is 26.6 Å². The van der Waals surface area contributed by atoms with Gasteiger partial charge in [0.05, 0.1) is 24.3 Å². The van der Waals surface area contributed by atoms with Crippen molar-refractivity contribution in [3.8, 4) is 0 Å². The number of nitrogen functional groups attached to an aromatic ring is 2. The molecule has 2 aliphatic heterocycles. The number of aliphatic hydroxyl groups is 1. The Balaban J connectivity index is 0.00000462. The van der Waals surface area contributed by atoms with Crippen LogP contribution >= 0.6 is 35.7 Å². The number of hydrogen-bond acceptors (Lipinski definition) is 14. The highest BCUT2D eigenvalue weighted by Gasteiger charge is 2.53. The van der Waals surface area contributed by atoms with Crippen molar-refractivity contribution in [1.29, 1.82) is 0 Å². The Bertz CT molecular complexity index is 1440. The van der Waals surface area contributed by atoms with Gasteiger partial charge in [-0.05, 0) is 13.8 Å². The minimum absolute atomic E-state index is 0. The molecule has 41 heavy (non-hydrogen) atoms. The highest BCUT2D eigenvalue weighted by Crippen LogP contribution is 2.40. The molecule has 0 aliphatic carbocycles. The van der Waals surface area contributed by atoms with Gasteiger partial charge in [0.2, 0.25) is 17.1 Å². The first kappa shape index (κ1) is 31.6. The van der Waals surface area contributed by atoms with E-state index in [1.807, 2.05) is 0 Å². The number of nitrogens with zero attached hydrogens (tertiary/aromatic N) is 6. The van der Waals surface area contributed by atoms with E-state index in [2.05, 4.69) is 19.8 Å². The van der Waals surface area contributed by atoms with Crippen molar-refractivity contribution < 1.29 is 44.0 Å². The van der Waals surface area contributed by atoms with Gasteiger partial charge in [0.1, 0.15) is 18.0 Å². The van der Waals surface area contributed by atoms with Gasteiger partial charge >= 0.3 is 5.97 Å². The molecule has 0 spiro atoms. The number of carboxylic acid groups (broad SMARTS) is 2. The number of rotatable bonds is 11. The molecule has 2 aliphatic rings. The summed E-state index contributed by atoms with van der Waals surface area (Å²) in [5, 5.41) is 36.0. The van der Waals surface area contributed by atoms with E-state index in [-0.39, 0.29) is 54.5 Å². The summed E-state index contributed by atoms with van der Waals surface area (Å²) in [5.41, 5.74) is 9.24. The molecule has 0 saturated carbocycles. The average molecular weight is 632 g/mol. The topological polar surface area (TPSA) is 255 Å². The molecule has 17 nitrogen and oxygen atoms in total. The van der Waals surface area contributed by atoms with Crippen LogP contribution in [0, 0.1) is 0 Å². The maximum absolute atomic E-state index is 13.1. The van der Waals surface area contributed by atoms with Crippen molar-refractivity contribution in [2.45, 2.75) is 44.0 Å². The Kier molecular flexibility index (Phi) is 9.47. The predicted octanol–water partition coefficient (Wildman–Crippen LogP) is -3.11. The fourth-order valence-corrected chi connectivity index (χ4v) is 5.65. The molecule has 0 bridgehead atoms. The quantitative estimate of drug-likeness (QED) is 0.0713. The van der Waals surface area contributed by atoms with Crippen LogP contribution in [-0.4, -0.2) is 88.0 Å². The highest BCUT2D eigenvalue weighted by atomic mass is 35.5. The number of nitrogens with two attached hydrogens (primary N) is 2. The van der Waals surface area contributed by atoms with Gasteiger partial charge in [-0.2, -0.15) is 9.36 Å². The number of thioether (sulfide) groups is 1. The lowest BCUT2D eigenvalue weighted by Gasteiger charge is -2.50. The Morgan fingerprint density at radius 1 is 1.37 bits per heavy atom. The standard InChI is InChI=1S/C21H25N9O8S2.ClH/c1-21(2,19(36)37)38-26-11(14-25-20(23)40-27-14)15(32)24-12-16(33)30-13(18(34)35)9(8-39-17(12)30)7-28-4-3-10(22)29(28)5-6-31;/h3-4,12,17,22,31H,5-8H2,1-2H3,(H5,23,24,25,27,32,34,35,36,37);1H/t12-,17-;/m1./s1. The van der Waals surface area contributed by atoms with E-state index < -0.39 is 46.5 Å². The van der Waals surface area contributed by atoms with Crippen LogP contribution in [-0.2, 0) is 37.1 Å². The fraction of sp³-hybridized carbons (Fsp3) is 0.429. The molecule has 222 valence electrons. The average Bonchev–Trinajstić information content (AvgIpc) is 3.47. The second-order valence-electron chi connectivity index (χ2n) is 9.09. The molecule has 0 unspecified atom stereocenters. The van der Waals surface area contributed by atoms with E-state index in [0.29, 0.717) is 11.4 Å². The molecule has 1 fully saturated rings. The highest BCUT2D eigenvalue weighted by molar-refractivity contribution is 8.00. The number of fused-ring (bicyclic) bond motifs is 1. The van der Waals surface area contributed by atoms with E-state index in [4.69, 9.17) is 16.3 Å². The summed E-state index contributed by atoms with van der Waals surface area (Å²) in [4.78, 5) is 59.7. The third-order valence-electron chi connectivity index (χ3n) is 5.97. The van der Waals surface area contributed by atoms with Gasteiger partial charge in [0.15, 0.2) is 23.7 Å². The largest absolute Gasteiger partial charge is 0.543 e. The van der Waals surface area contributed by atoms with Crippen LogP contribution in [0.4, 0.5) is 10.9 Å². The molecule has 1 saturated heterocycles. The van der Waals surface area contributed by atoms with Crippen LogP contribution in [0.5, 0.6) is 0 Å². The van der Waals surface area contributed by atoms with Crippen molar-refractivity contribution >= 4 is 76.1 Å². The van der Waals surface area contributed by atoms with Gasteiger partial charge < -0.3 is 41.7 Å². The van der Waals surface area contributed by atoms with Crippen LogP contribution in [0.25, 0.3) is 0 Å². The molecule has 2 amide bonds. The van der Waals surface area contributed by atoms with Crippen LogP contribution in [0.3, 0.4) is 0 Å². The number of hydrogen-bond donors (Lipinski definition) is 5. The monoisotopic (exact) mass is 631 g/mol. The number of carbonyl (C=O) groups is 4. The smallest absolute Gasteiger partial charge is 0.350 e. The maximum atomic E-state index is 13.1. The Morgan fingerprint density at radius 3 is 2.66 bits per heavy atom. The number of aromatic nitrogens is 4. The van der Waals surface area contributed by atoms with Crippen molar-refractivity contribution in [2.24, 2.45) is 5.16 Å². The number of carbonyl (C=O) groups excluding carboxylic acids is 3. The molecule has 20 heteroatoms. The number of aliphatic carboxylic acids is 2. The first-order valence-corrected chi connectivity index (χ1v) is 13.4. The van der Waals surface area contributed by atoms with Gasteiger partial charge in [-0.3, -0.25) is 14.5 Å². The molecular weight excluding hydrogens is 606 g/mol. The molecule has 4 rings (SSSR count). The number of carboxylic acids is 2. The molecule has 2 aromatic heterocycles. The van der Waals surface area contributed by atoms with Crippen molar-refractivity contribution in [3.63, 3.8) is 0 Å². The zero-order chi connectivity index (χ0) is 29.4. The number of amides is 2. The van der Waals surface area contributed by atoms with Crippen LogP contribution in [0.15, 0.2) is 28.7 Å². The molecule has 7 N–H and O–H groups in total. The molecule has 0 radical (unpaired) electrons. The SMILES string of the molecule is CC(C)(ON=C(C(=O)N[C@@H]1C(=O)N2C(C(=O)[O-])=C(C[n+]3ccc(N)n3CCO)CS[C@H]12)c1nsc(N)n1)C(=O)O.Cl. The summed E-state index contributed by atoms with van der Waals surface area (Å²) in [6, 6.07) is 0.447. The molecule has 2 aromatic rings. The Labute approximate surface area is 246 Å². The summed E-state index contributed by atoms with van der Waals surface area (Å²) >= 11 is 1.97. The van der Waals surface area contributed by atoms with E-state index in [1.54, 1.807) is 21.6 Å². The third kappa shape index (κ3) is 6.21. The van der Waals surface area contributed by atoms with Crippen molar-refractivity contribution in [1.82, 2.24) is 24.3 Å². The minimum atomic E-state index is -1.81. The second-order valence-corrected chi connectivity index (χ2v) is 11.0. The normalized spacial score (nSPS) is 18.8. The summed E-state index contributed by atoms with van der Waals surface area (Å²) in [6.45, 7) is 2.46. The van der Waals surface area contributed by atoms with Gasteiger partial charge in [-0.1, -0.05) is 5.16 Å². The third-order valence-corrected chi connectivity index (χ3v) is 7.85. The van der Waals surface area contributed by atoms with Gasteiger partial charge in [-0.25, -0.2) is 4.79 Å². The van der Waals surface area contributed by atoms with E-state index in [0.717, 1.165) is 16.4 Å². The number of aliphatic hydroxyl groups excluding tert-OH is 1. The Hall–Kier alpha value is -3.94. The Morgan fingerprint density at radius 2 is 2.07 bits per heavy atom. The summed E-state index contributed by atoms with van der Waals surface area (Å²) in [6.07, 6.45) is 1.62. The van der Waals surface area contributed by atoms with E-state index in [9.17, 15) is 34.5 Å². The lowest BCUT2D eigenvalue weighted by atomic mass is 10.0. The minimum Gasteiger partial charge on any atom is -0.543 e. The van der Waals surface area contributed by atoms with Crippen molar-refractivity contribution in [3.05, 3.63) is 29.4 Å². The number of oxime groups is 1. The maximum Gasteiger partial charge on any atom is 0.350 e. The summed E-state index contributed by atoms with van der Waals surface area (Å²) in [7, 11) is 0. The van der Waals surface area contributed by atoms with E-state index >= 15 is 0 Å². The second kappa shape index (κ2) is 12.3. The zero-order valence-corrected chi connectivity index (χ0v) is 24.0. The molecule has 0 aromatic carbocycles. The molecule has 4 heterocycles. The zero-order valence-electron chi connectivity index (χ0n) is 21.5. The number of β-lactam (4-membered cyclic amide) rings is 1. The number of halogens is 1. The van der Waals surface area contributed by atoms with Crippen LogP contribution in [0.2, 0.25) is 0 Å². The van der Waals surface area contributed by atoms with E-state index in [1.165, 1.54) is 25.6 Å². The molecular formula is C21H26ClN9O8S2. The first-order chi connectivity index (χ1) is 18.9. The molecule has 2 atom stereocenters. The first-order valence-electron chi connectivity index (χ1n) is 11.6. The fourth-order valence-electron chi connectivity index (χ4n) is 3.88. The number of nitrogens with one attached hydrogen (secondary N) is 1. The lowest BCUT2D eigenvalue weighted by Crippen LogP contribution is -2.71. The van der Waals surface area contributed by atoms with Gasteiger partial charge in [-0.15, -0.1) is 33.5 Å².